The third-order valence-electron chi connectivity index (χ3n) is 1.54. The van der Waals surface area contributed by atoms with E-state index in [1.807, 2.05) is 7.05 Å². The first kappa shape index (κ1) is 5.56. The Kier molecular flexibility index (Phi) is 1.21. The highest BCUT2D eigenvalue weighted by Crippen LogP contribution is 2.02. The second-order valence-corrected chi connectivity index (χ2v) is 2.25. The van der Waals surface area contributed by atoms with E-state index >= 15 is 0 Å². The smallest absolute Gasteiger partial charge is 0.280 e. The van der Waals surface area contributed by atoms with E-state index < -0.39 is 0 Å². The molecule has 1 rings (SSSR count). The molecule has 1 saturated heterocycles. The normalized spacial score (nSPS) is 29.5. The van der Waals surface area contributed by atoms with Crippen LogP contribution in [0.4, 0.5) is 0 Å². The molecule has 0 aliphatic carbocycles. The number of amides is 1. The zero-order valence-corrected chi connectivity index (χ0v) is 5.05. The number of rotatable bonds is 0. The lowest BCUT2D eigenvalue weighted by Gasteiger charge is -2.03. The highest BCUT2D eigenvalue weighted by atomic mass is 16.2. The van der Waals surface area contributed by atoms with E-state index in [0.717, 1.165) is 13.0 Å². The Labute approximate surface area is 48.5 Å². The van der Waals surface area contributed by atoms with Crippen molar-refractivity contribution < 1.29 is 10.5 Å². The highest BCUT2D eigenvalue weighted by molar-refractivity contribution is 5.81. The predicted octanol–water partition coefficient (Wildman–Crippen LogP) is -1.54. The second kappa shape index (κ2) is 1.74. The van der Waals surface area contributed by atoms with E-state index in [2.05, 4.69) is 5.73 Å². The lowest BCUT2D eigenvalue weighted by molar-refractivity contribution is -0.401. The molecule has 46 valence electrons. The van der Waals surface area contributed by atoms with Crippen molar-refractivity contribution in [3.63, 3.8) is 0 Å². The van der Waals surface area contributed by atoms with Crippen molar-refractivity contribution in [2.45, 2.75) is 12.5 Å². The molecule has 0 aromatic carbocycles. The molecule has 0 radical (unpaired) electrons. The van der Waals surface area contributed by atoms with Crippen LogP contribution in [0.5, 0.6) is 0 Å². The monoisotopic (exact) mass is 115 g/mol. The molecular formula is C5H11N2O+. The molecule has 3 heteroatoms. The van der Waals surface area contributed by atoms with Gasteiger partial charge in [-0.1, -0.05) is 0 Å². The molecular weight excluding hydrogens is 104 g/mol. The molecule has 3 nitrogen and oxygen atoms in total. The number of quaternary nitrogens is 1. The summed E-state index contributed by atoms with van der Waals surface area (Å²) in [6, 6.07) is 0.0278. The third kappa shape index (κ3) is 0.690. The fourth-order valence-electron chi connectivity index (χ4n) is 0.895. The van der Waals surface area contributed by atoms with Crippen molar-refractivity contribution in [1.29, 1.82) is 0 Å². The van der Waals surface area contributed by atoms with Gasteiger partial charge in [0.2, 0.25) is 0 Å². The summed E-state index contributed by atoms with van der Waals surface area (Å²) in [5.74, 6) is 0.185. The van der Waals surface area contributed by atoms with Gasteiger partial charge < -0.3 is 10.6 Å². The summed E-state index contributed by atoms with van der Waals surface area (Å²) >= 11 is 0. The molecule has 0 aromatic rings. The average molecular weight is 115 g/mol. The quantitative estimate of drug-likeness (QED) is 0.408. The summed E-state index contributed by atoms with van der Waals surface area (Å²) in [6.45, 7) is 0.882. The van der Waals surface area contributed by atoms with E-state index in [1.165, 1.54) is 0 Å². The number of hydrogen-bond acceptors (Lipinski definition) is 1. The van der Waals surface area contributed by atoms with Gasteiger partial charge in [-0.3, -0.25) is 4.79 Å². The number of hydrogen-bond donors (Lipinski definition) is 1. The highest BCUT2D eigenvalue weighted by Gasteiger charge is 2.28. The van der Waals surface area contributed by atoms with Crippen LogP contribution in [0.3, 0.4) is 0 Å². The van der Waals surface area contributed by atoms with Crippen LogP contribution in [0.2, 0.25) is 0 Å². The van der Waals surface area contributed by atoms with E-state index in [4.69, 9.17) is 0 Å². The molecule has 0 saturated carbocycles. The van der Waals surface area contributed by atoms with Crippen LogP contribution in [-0.4, -0.2) is 30.4 Å². The number of carbonyl (C=O) groups is 1. The molecule has 0 aromatic heterocycles. The average Bonchev–Trinajstić information content (AvgIpc) is 1.98. The molecule has 1 atom stereocenters. The van der Waals surface area contributed by atoms with Gasteiger partial charge >= 0.3 is 0 Å². The maximum Gasteiger partial charge on any atom is 0.280 e. The van der Waals surface area contributed by atoms with Gasteiger partial charge in [-0.05, 0) is 0 Å². The molecule has 8 heavy (non-hydrogen) atoms. The number of likely N-dealkylation sites (N-methyl/N-ethyl adjacent to an activating group) is 1. The lowest BCUT2D eigenvalue weighted by atomic mass is 10.3. The van der Waals surface area contributed by atoms with Crippen molar-refractivity contribution in [2.75, 3.05) is 13.6 Å². The summed E-state index contributed by atoms with van der Waals surface area (Å²) in [5.41, 5.74) is 3.68. The summed E-state index contributed by atoms with van der Waals surface area (Å²) in [5, 5.41) is 0. The van der Waals surface area contributed by atoms with Crippen LogP contribution in [0.25, 0.3) is 0 Å². The first-order valence-corrected chi connectivity index (χ1v) is 2.80. The molecule has 0 bridgehead atoms. The minimum Gasteiger partial charge on any atom is -0.347 e. The Morgan fingerprint density at radius 2 is 2.50 bits per heavy atom. The van der Waals surface area contributed by atoms with Crippen molar-refractivity contribution in [2.24, 2.45) is 0 Å². The second-order valence-electron chi connectivity index (χ2n) is 2.25. The first-order valence-electron chi connectivity index (χ1n) is 2.80. The number of likely N-dealkylation sites (tertiary alicyclic amines) is 1. The number of carbonyl (C=O) groups excluding carboxylic acids is 1. The van der Waals surface area contributed by atoms with Crippen LogP contribution in [0.15, 0.2) is 0 Å². The standard InChI is InChI=1S/C5H10N2O/c1-7-3-2-4(6)5(7)8/h4H,2-3,6H2,1H3/p+1/t4-/m1/s1. The van der Waals surface area contributed by atoms with Gasteiger partial charge in [-0.15, -0.1) is 0 Å². The van der Waals surface area contributed by atoms with E-state index in [9.17, 15) is 4.79 Å². The van der Waals surface area contributed by atoms with Gasteiger partial charge in [0.25, 0.3) is 5.91 Å². The maximum absolute atomic E-state index is 10.8. The molecule has 1 aliphatic rings. The Hall–Kier alpha value is -0.570. The molecule has 1 fully saturated rings. The lowest BCUT2D eigenvalue weighted by Crippen LogP contribution is -2.64. The first-order chi connectivity index (χ1) is 3.72. The third-order valence-corrected chi connectivity index (χ3v) is 1.54. The maximum atomic E-state index is 10.8. The Morgan fingerprint density at radius 3 is 2.62 bits per heavy atom. The van der Waals surface area contributed by atoms with Gasteiger partial charge in [0.05, 0.1) is 0 Å². The zero-order chi connectivity index (χ0) is 6.15. The Morgan fingerprint density at radius 1 is 1.88 bits per heavy atom. The van der Waals surface area contributed by atoms with Gasteiger partial charge in [0.1, 0.15) is 0 Å². The zero-order valence-electron chi connectivity index (χ0n) is 5.05. The molecule has 0 unspecified atom stereocenters. The van der Waals surface area contributed by atoms with Crippen molar-refractivity contribution >= 4 is 5.91 Å². The molecule has 1 aliphatic heterocycles. The minimum absolute atomic E-state index is 0.0278. The SMILES string of the molecule is CN1CC[C@@H]([NH3+])C1=O. The van der Waals surface area contributed by atoms with Crippen LogP contribution in [-0.2, 0) is 4.79 Å². The summed E-state index contributed by atoms with van der Waals surface area (Å²) < 4.78 is 0. The molecule has 0 spiro atoms. The topological polar surface area (TPSA) is 48.0 Å². The van der Waals surface area contributed by atoms with Crippen molar-refractivity contribution in [1.82, 2.24) is 4.90 Å². The van der Waals surface area contributed by atoms with E-state index in [-0.39, 0.29) is 11.9 Å². The van der Waals surface area contributed by atoms with Crippen LogP contribution < -0.4 is 5.73 Å². The fraction of sp³-hybridized carbons (Fsp3) is 0.800. The summed E-state index contributed by atoms with van der Waals surface area (Å²) in [6.07, 6.45) is 0.926. The Bertz CT molecular complexity index is 101. The summed E-state index contributed by atoms with van der Waals surface area (Å²) in [7, 11) is 1.81. The largest absolute Gasteiger partial charge is 0.347 e. The minimum atomic E-state index is 0.0278. The van der Waals surface area contributed by atoms with Crippen molar-refractivity contribution in [3.05, 3.63) is 0 Å². The molecule has 3 N–H and O–H groups in total. The van der Waals surface area contributed by atoms with Crippen LogP contribution in [0.1, 0.15) is 6.42 Å². The summed E-state index contributed by atoms with van der Waals surface area (Å²) in [4.78, 5) is 12.5. The fourth-order valence-corrected chi connectivity index (χ4v) is 0.895. The number of nitrogens with zero attached hydrogens (tertiary/aromatic N) is 1. The van der Waals surface area contributed by atoms with Gasteiger partial charge in [0.15, 0.2) is 6.04 Å². The van der Waals surface area contributed by atoms with Gasteiger partial charge in [-0.25, -0.2) is 0 Å². The van der Waals surface area contributed by atoms with E-state index in [1.54, 1.807) is 4.90 Å². The molecule has 1 amide bonds. The van der Waals surface area contributed by atoms with Crippen molar-refractivity contribution in [3.8, 4) is 0 Å². The van der Waals surface area contributed by atoms with E-state index in [0.29, 0.717) is 0 Å². The Balaban J connectivity index is 2.57. The predicted molar refractivity (Wildman–Crippen MR) is 28.9 cm³/mol. The van der Waals surface area contributed by atoms with Crippen LogP contribution >= 0.6 is 0 Å². The van der Waals surface area contributed by atoms with Crippen LogP contribution in [0, 0.1) is 0 Å². The van der Waals surface area contributed by atoms with Gasteiger partial charge in [0, 0.05) is 20.0 Å². The molecule has 1 heterocycles. The van der Waals surface area contributed by atoms with Gasteiger partial charge in [-0.2, -0.15) is 0 Å².